The van der Waals surface area contributed by atoms with Crippen LogP contribution in [-0.2, 0) is 14.8 Å². The molecule has 0 radical (unpaired) electrons. The first-order valence-electron chi connectivity index (χ1n) is 5.66. The first-order valence-corrected chi connectivity index (χ1v) is 7.21. The highest BCUT2D eigenvalue weighted by atomic mass is 32.2. The van der Waals surface area contributed by atoms with E-state index >= 15 is 0 Å². The van der Waals surface area contributed by atoms with Crippen molar-refractivity contribution in [2.24, 2.45) is 10.9 Å². The van der Waals surface area contributed by atoms with Crippen molar-refractivity contribution in [3.8, 4) is 0 Å². The van der Waals surface area contributed by atoms with E-state index in [4.69, 9.17) is 15.6 Å². The van der Waals surface area contributed by atoms with Gasteiger partial charge in [-0.2, -0.15) is 0 Å². The molecule has 1 aromatic rings. The van der Waals surface area contributed by atoms with E-state index < -0.39 is 15.8 Å². The number of halogens is 1. The van der Waals surface area contributed by atoms with Crippen molar-refractivity contribution in [1.82, 2.24) is 0 Å². The average Bonchev–Trinajstić information content (AvgIpc) is 2.31. The van der Waals surface area contributed by atoms with Gasteiger partial charge < -0.3 is 15.8 Å². The minimum atomic E-state index is -3.90. The maximum absolute atomic E-state index is 13.8. The average molecular weight is 291 g/mol. The summed E-state index contributed by atoms with van der Waals surface area (Å²) in [6.45, 7) is 0.797. The van der Waals surface area contributed by atoms with Gasteiger partial charge in [0.15, 0.2) is 0 Å². The van der Waals surface area contributed by atoms with Gasteiger partial charge in [0.25, 0.3) is 0 Å². The summed E-state index contributed by atoms with van der Waals surface area (Å²) in [6, 6.07) is 3.30. The molecule has 0 aliphatic carbocycles. The van der Waals surface area contributed by atoms with E-state index in [0.717, 1.165) is 6.07 Å². The molecule has 6 nitrogen and oxygen atoms in total. The SMILES string of the molecule is COCC(CCN)Nc1ccc(S(N)(=O)=O)cc1F. The molecule has 1 aromatic carbocycles. The zero-order valence-corrected chi connectivity index (χ0v) is 11.4. The van der Waals surface area contributed by atoms with Gasteiger partial charge in [0, 0.05) is 7.11 Å². The van der Waals surface area contributed by atoms with E-state index in [1.54, 1.807) is 0 Å². The quantitative estimate of drug-likeness (QED) is 0.667. The molecule has 19 heavy (non-hydrogen) atoms. The third-order valence-corrected chi connectivity index (χ3v) is 3.42. The van der Waals surface area contributed by atoms with Crippen molar-refractivity contribution >= 4 is 15.7 Å². The van der Waals surface area contributed by atoms with Gasteiger partial charge in [-0.1, -0.05) is 0 Å². The zero-order valence-electron chi connectivity index (χ0n) is 10.6. The maximum Gasteiger partial charge on any atom is 0.238 e. The molecular weight excluding hydrogens is 273 g/mol. The molecule has 0 heterocycles. The van der Waals surface area contributed by atoms with Crippen LogP contribution in [0.4, 0.5) is 10.1 Å². The van der Waals surface area contributed by atoms with Crippen LogP contribution >= 0.6 is 0 Å². The highest BCUT2D eigenvalue weighted by Crippen LogP contribution is 2.19. The number of benzene rings is 1. The van der Waals surface area contributed by atoms with Crippen molar-refractivity contribution < 1.29 is 17.5 Å². The summed E-state index contributed by atoms with van der Waals surface area (Å²) in [5.41, 5.74) is 5.63. The Labute approximate surface area is 112 Å². The second kappa shape index (κ2) is 6.80. The second-order valence-electron chi connectivity index (χ2n) is 4.06. The van der Waals surface area contributed by atoms with Crippen molar-refractivity contribution in [1.29, 1.82) is 0 Å². The van der Waals surface area contributed by atoms with Gasteiger partial charge in [0.2, 0.25) is 10.0 Å². The largest absolute Gasteiger partial charge is 0.383 e. The highest BCUT2D eigenvalue weighted by molar-refractivity contribution is 7.89. The van der Waals surface area contributed by atoms with E-state index in [2.05, 4.69) is 5.32 Å². The minimum absolute atomic E-state index is 0.148. The molecule has 0 saturated carbocycles. The molecule has 5 N–H and O–H groups in total. The zero-order chi connectivity index (χ0) is 14.5. The Hall–Kier alpha value is -1.22. The summed E-state index contributed by atoms with van der Waals surface area (Å²) < 4.78 is 40.9. The lowest BCUT2D eigenvalue weighted by Gasteiger charge is -2.19. The van der Waals surface area contributed by atoms with Crippen LogP contribution < -0.4 is 16.2 Å². The van der Waals surface area contributed by atoms with Gasteiger partial charge in [-0.05, 0) is 31.2 Å². The number of nitrogens with two attached hydrogens (primary N) is 2. The number of ether oxygens (including phenoxy) is 1. The molecule has 0 saturated heterocycles. The number of methoxy groups -OCH3 is 1. The molecular formula is C11H18FN3O3S. The number of hydrogen-bond acceptors (Lipinski definition) is 5. The second-order valence-corrected chi connectivity index (χ2v) is 5.62. The summed E-state index contributed by atoms with van der Waals surface area (Å²) in [5.74, 6) is -0.690. The number of hydrogen-bond donors (Lipinski definition) is 3. The van der Waals surface area contributed by atoms with Crippen LogP contribution in [0.15, 0.2) is 23.1 Å². The van der Waals surface area contributed by atoms with E-state index in [1.165, 1.54) is 19.2 Å². The first kappa shape index (κ1) is 15.8. The maximum atomic E-state index is 13.8. The van der Waals surface area contributed by atoms with Crippen LogP contribution in [0.1, 0.15) is 6.42 Å². The lowest BCUT2D eigenvalue weighted by Crippen LogP contribution is -2.28. The minimum Gasteiger partial charge on any atom is -0.383 e. The Morgan fingerprint density at radius 3 is 2.63 bits per heavy atom. The number of nitrogens with one attached hydrogen (secondary N) is 1. The predicted molar refractivity (Wildman–Crippen MR) is 70.7 cm³/mol. The van der Waals surface area contributed by atoms with E-state index in [-0.39, 0.29) is 16.6 Å². The topological polar surface area (TPSA) is 107 Å². The van der Waals surface area contributed by atoms with Crippen molar-refractivity contribution in [2.75, 3.05) is 25.6 Å². The van der Waals surface area contributed by atoms with Gasteiger partial charge in [-0.15, -0.1) is 0 Å². The van der Waals surface area contributed by atoms with Crippen molar-refractivity contribution in [3.05, 3.63) is 24.0 Å². The summed E-state index contributed by atoms with van der Waals surface area (Å²) >= 11 is 0. The van der Waals surface area contributed by atoms with Crippen LogP contribution in [0.25, 0.3) is 0 Å². The molecule has 0 fully saturated rings. The predicted octanol–water partition coefficient (Wildman–Crippen LogP) is 0.249. The van der Waals surface area contributed by atoms with Gasteiger partial charge in [-0.3, -0.25) is 0 Å². The lowest BCUT2D eigenvalue weighted by molar-refractivity contribution is 0.183. The van der Waals surface area contributed by atoms with E-state index in [1.807, 2.05) is 0 Å². The van der Waals surface area contributed by atoms with E-state index in [0.29, 0.717) is 19.6 Å². The first-order chi connectivity index (χ1) is 8.88. The molecule has 1 unspecified atom stereocenters. The van der Waals surface area contributed by atoms with Crippen LogP contribution in [0.5, 0.6) is 0 Å². The molecule has 1 rings (SSSR count). The van der Waals surface area contributed by atoms with Crippen LogP contribution in [-0.4, -0.2) is 34.7 Å². The summed E-state index contributed by atoms with van der Waals surface area (Å²) in [4.78, 5) is -0.266. The number of rotatable bonds is 7. The summed E-state index contributed by atoms with van der Waals surface area (Å²) in [6.07, 6.45) is 0.601. The molecule has 1 atom stereocenters. The van der Waals surface area contributed by atoms with Crippen LogP contribution in [0.3, 0.4) is 0 Å². The highest BCUT2D eigenvalue weighted by Gasteiger charge is 2.14. The fourth-order valence-corrected chi connectivity index (χ4v) is 2.13. The third kappa shape index (κ3) is 4.75. The third-order valence-electron chi connectivity index (χ3n) is 2.51. The number of sulfonamides is 1. The van der Waals surface area contributed by atoms with Gasteiger partial charge in [0.1, 0.15) is 5.82 Å². The fourth-order valence-electron chi connectivity index (χ4n) is 1.61. The summed E-state index contributed by atoms with van der Waals surface area (Å²) in [5, 5.41) is 7.83. The summed E-state index contributed by atoms with van der Waals surface area (Å²) in [7, 11) is -2.37. The Kier molecular flexibility index (Phi) is 5.67. The Morgan fingerprint density at radius 1 is 1.47 bits per heavy atom. The van der Waals surface area contributed by atoms with Crippen molar-refractivity contribution in [3.63, 3.8) is 0 Å². The molecule has 108 valence electrons. The van der Waals surface area contributed by atoms with Crippen molar-refractivity contribution in [2.45, 2.75) is 17.4 Å². The van der Waals surface area contributed by atoms with Crippen LogP contribution in [0.2, 0.25) is 0 Å². The van der Waals surface area contributed by atoms with Gasteiger partial charge in [-0.25, -0.2) is 17.9 Å². The normalized spacial score (nSPS) is 13.3. The Morgan fingerprint density at radius 2 is 2.16 bits per heavy atom. The number of primary sulfonamides is 1. The molecule has 8 heteroatoms. The molecule has 0 bridgehead atoms. The molecule has 0 amide bonds. The molecule has 0 spiro atoms. The number of anilines is 1. The van der Waals surface area contributed by atoms with Crippen LogP contribution in [0, 0.1) is 5.82 Å². The Bertz CT molecular complexity index is 516. The smallest absolute Gasteiger partial charge is 0.238 e. The van der Waals surface area contributed by atoms with Gasteiger partial charge in [0.05, 0.1) is 23.2 Å². The fraction of sp³-hybridized carbons (Fsp3) is 0.455. The lowest BCUT2D eigenvalue weighted by atomic mass is 10.2. The molecule has 0 aliphatic rings. The Balaban J connectivity index is 2.90. The standard InChI is InChI=1S/C11H18FN3O3S/c1-18-7-8(4-5-13)15-11-3-2-9(6-10(11)12)19(14,16)17/h2-3,6,8,15H,4-5,7,13H2,1H3,(H2,14,16,17). The molecule has 0 aromatic heterocycles. The van der Waals surface area contributed by atoms with Gasteiger partial charge >= 0.3 is 0 Å². The monoisotopic (exact) mass is 291 g/mol. The van der Waals surface area contributed by atoms with E-state index in [9.17, 15) is 12.8 Å². The molecule has 0 aliphatic heterocycles.